The minimum atomic E-state index is -0.488. The van der Waals surface area contributed by atoms with E-state index in [4.69, 9.17) is 4.74 Å². The van der Waals surface area contributed by atoms with Crippen LogP contribution in [0, 0.1) is 0 Å². The van der Waals surface area contributed by atoms with Gasteiger partial charge in [-0.3, -0.25) is 19.4 Å². The van der Waals surface area contributed by atoms with Crippen molar-refractivity contribution in [3.63, 3.8) is 0 Å². The minimum absolute atomic E-state index is 0.0528. The van der Waals surface area contributed by atoms with Crippen molar-refractivity contribution in [3.05, 3.63) is 77.1 Å². The lowest BCUT2D eigenvalue weighted by Crippen LogP contribution is -2.38. The van der Waals surface area contributed by atoms with Crippen molar-refractivity contribution in [2.24, 2.45) is 0 Å². The Hall–Kier alpha value is -4.66. The molecule has 50 heavy (non-hydrogen) atoms. The van der Waals surface area contributed by atoms with Crippen LogP contribution in [0.1, 0.15) is 99.8 Å². The number of benzene rings is 1. The molecule has 3 heterocycles. The van der Waals surface area contributed by atoms with Gasteiger partial charge in [0.2, 0.25) is 5.82 Å². The number of rotatable bonds is 12. The van der Waals surface area contributed by atoms with Crippen LogP contribution in [0.3, 0.4) is 0 Å². The predicted molar refractivity (Wildman–Crippen MR) is 189 cm³/mol. The number of ether oxygens (including phenoxy) is 1. The molecule has 0 fully saturated rings. The van der Waals surface area contributed by atoms with Gasteiger partial charge in [-0.1, -0.05) is 65.8 Å². The number of pyridine rings is 1. The number of fused-ring (bicyclic) bond motifs is 2. The van der Waals surface area contributed by atoms with Gasteiger partial charge in [0, 0.05) is 43.1 Å². The molecule has 0 saturated heterocycles. The summed E-state index contributed by atoms with van der Waals surface area (Å²) < 4.78 is 8.51. The van der Waals surface area contributed by atoms with Gasteiger partial charge in [0.15, 0.2) is 5.65 Å². The Morgan fingerprint density at radius 1 is 0.920 bits per heavy atom. The van der Waals surface area contributed by atoms with Crippen molar-refractivity contribution >= 4 is 23.4 Å². The fourth-order valence-electron chi connectivity index (χ4n) is 5.97. The highest BCUT2D eigenvalue weighted by Gasteiger charge is 2.30. The number of urea groups is 1. The first-order chi connectivity index (χ1) is 23.8. The van der Waals surface area contributed by atoms with E-state index >= 15 is 0 Å². The molecule has 268 valence electrons. The highest BCUT2D eigenvalue weighted by Crippen LogP contribution is 2.39. The van der Waals surface area contributed by atoms with Crippen LogP contribution in [0.25, 0.3) is 5.65 Å². The second-order valence-electron chi connectivity index (χ2n) is 14.6. The van der Waals surface area contributed by atoms with E-state index in [0.29, 0.717) is 43.9 Å². The van der Waals surface area contributed by atoms with Crippen LogP contribution in [0.15, 0.2) is 48.7 Å². The molecule has 0 unspecified atom stereocenters. The molecule has 4 aromatic rings. The van der Waals surface area contributed by atoms with E-state index in [-0.39, 0.29) is 49.0 Å². The van der Waals surface area contributed by atoms with Gasteiger partial charge in [0.05, 0.1) is 31.1 Å². The lowest BCUT2D eigenvalue weighted by molar-refractivity contribution is 0.0933. The number of nitrogens with zero attached hydrogens (tertiary/aromatic N) is 6. The highest BCUT2D eigenvalue weighted by atomic mass is 16.5. The lowest BCUT2D eigenvalue weighted by Gasteiger charge is -2.32. The van der Waals surface area contributed by atoms with Crippen molar-refractivity contribution in [1.82, 2.24) is 40.1 Å². The Morgan fingerprint density at radius 2 is 1.64 bits per heavy atom. The number of carbonyl (C=O) groups is 2. The van der Waals surface area contributed by atoms with E-state index in [2.05, 4.69) is 56.9 Å². The molecule has 14 nitrogen and oxygen atoms in total. The molecule has 2 atom stereocenters. The summed E-state index contributed by atoms with van der Waals surface area (Å²) in [4.78, 5) is 37.2. The zero-order valence-electron chi connectivity index (χ0n) is 29.7. The Balaban J connectivity index is 1.27. The zero-order valence-corrected chi connectivity index (χ0v) is 29.7. The van der Waals surface area contributed by atoms with E-state index in [9.17, 15) is 19.8 Å². The molecule has 0 aliphatic heterocycles. The maximum Gasteiger partial charge on any atom is 0.320 e. The van der Waals surface area contributed by atoms with Gasteiger partial charge < -0.3 is 25.6 Å². The summed E-state index contributed by atoms with van der Waals surface area (Å²) in [6.07, 6.45) is 3.04. The number of aliphatic hydroxyl groups excluding tert-OH is 2. The van der Waals surface area contributed by atoms with Gasteiger partial charge in [0.1, 0.15) is 23.5 Å². The lowest BCUT2D eigenvalue weighted by atomic mass is 9.85. The average molecular weight is 688 g/mol. The summed E-state index contributed by atoms with van der Waals surface area (Å²) >= 11 is 0. The summed E-state index contributed by atoms with van der Waals surface area (Å²) in [6.45, 7) is 13.6. The molecule has 0 spiro atoms. The molecule has 3 amide bonds. The van der Waals surface area contributed by atoms with Gasteiger partial charge in [0.25, 0.3) is 5.91 Å². The Bertz CT molecular complexity index is 1790. The summed E-state index contributed by atoms with van der Waals surface area (Å²) in [5, 5.41) is 35.9. The van der Waals surface area contributed by atoms with E-state index in [1.807, 2.05) is 72.7 Å². The fraction of sp³-hybridized carbons (Fsp3) is 0.500. The standard InChI is InChI=1S/C36H49N9O5/c1-35(2,3)28-21-29(40-31(39-28)32(48)37-15-16-44(17-19-46)18-20-47)41-34(49)38-26-12-13-27(25-10-8-7-9-24(25)26)50-23-11-14-30-42-43-33(36(4,5)6)45(30)22-23/h7-11,14,21-22,26-27,46-47H,12-13,15-20H2,1-6H3,(H,37,48)(H2,38,39,40,41,49)/t26-,27+/m0/s1. The monoisotopic (exact) mass is 687 g/mol. The van der Waals surface area contributed by atoms with Crippen LogP contribution in [-0.2, 0) is 10.8 Å². The van der Waals surface area contributed by atoms with Crippen LogP contribution in [-0.4, -0.2) is 91.0 Å². The molecule has 3 aromatic heterocycles. The molecule has 1 aromatic carbocycles. The molecule has 0 bridgehead atoms. The fourth-order valence-corrected chi connectivity index (χ4v) is 5.97. The van der Waals surface area contributed by atoms with Crippen LogP contribution in [0.5, 0.6) is 5.75 Å². The summed E-state index contributed by atoms with van der Waals surface area (Å²) in [6, 6.07) is 12.7. The van der Waals surface area contributed by atoms with E-state index < -0.39 is 17.4 Å². The summed E-state index contributed by atoms with van der Waals surface area (Å²) in [5.41, 5.74) is 2.71. The van der Waals surface area contributed by atoms with Gasteiger partial charge in [-0.15, -0.1) is 10.2 Å². The zero-order chi connectivity index (χ0) is 36.1. The SMILES string of the molecule is CC(C)(C)c1cc(NC(=O)N[C@H]2CC[C@@H](Oc3ccc4nnc(C(C)(C)C)n4c3)c3ccccc32)nc(C(=O)NCCN(CCO)CCO)n1. The van der Waals surface area contributed by atoms with Crippen molar-refractivity contribution in [2.75, 3.05) is 44.7 Å². The topological polar surface area (TPSA) is 179 Å². The highest BCUT2D eigenvalue weighted by molar-refractivity contribution is 5.92. The maximum atomic E-state index is 13.4. The van der Waals surface area contributed by atoms with Gasteiger partial charge in [-0.2, -0.15) is 0 Å². The molecule has 0 saturated carbocycles. The molecular weight excluding hydrogens is 638 g/mol. The molecule has 14 heteroatoms. The van der Waals surface area contributed by atoms with Crippen molar-refractivity contribution in [3.8, 4) is 5.75 Å². The molecule has 5 N–H and O–H groups in total. The second-order valence-corrected chi connectivity index (χ2v) is 14.6. The molecule has 1 aliphatic carbocycles. The third-order valence-corrected chi connectivity index (χ3v) is 8.55. The molecule has 0 radical (unpaired) electrons. The average Bonchev–Trinajstić information content (AvgIpc) is 3.50. The maximum absolute atomic E-state index is 13.4. The Labute approximate surface area is 292 Å². The number of amides is 3. The number of aliphatic hydroxyl groups is 2. The van der Waals surface area contributed by atoms with E-state index in [0.717, 1.165) is 22.6 Å². The van der Waals surface area contributed by atoms with Gasteiger partial charge in [-0.25, -0.2) is 14.8 Å². The molecule has 1 aliphatic rings. The van der Waals surface area contributed by atoms with Crippen molar-refractivity contribution < 1.29 is 24.5 Å². The van der Waals surface area contributed by atoms with E-state index in [1.54, 1.807) is 6.07 Å². The predicted octanol–water partition coefficient (Wildman–Crippen LogP) is 3.91. The van der Waals surface area contributed by atoms with E-state index in [1.165, 1.54) is 0 Å². The third kappa shape index (κ3) is 8.92. The van der Waals surface area contributed by atoms with Crippen LogP contribution >= 0.6 is 0 Å². The van der Waals surface area contributed by atoms with Crippen LogP contribution < -0.4 is 20.7 Å². The molecule has 5 rings (SSSR count). The largest absolute Gasteiger partial charge is 0.484 e. The second kappa shape index (κ2) is 15.5. The van der Waals surface area contributed by atoms with Gasteiger partial charge in [-0.05, 0) is 36.1 Å². The van der Waals surface area contributed by atoms with Gasteiger partial charge >= 0.3 is 6.03 Å². The number of carbonyl (C=O) groups excluding carboxylic acids is 2. The smallest absolute Gasteiger partial charge is 0.320 e. The summed E-state index contributed by atoms with van der Waals surface area (Å²) in [7, 11) is 0. The Kier molecular flexibility index (Phi) is 11.3. The molecular formula is C36H49N9O5. The quantitative estimate of drug-likeness (QED) is 0.147. The van der Waals surface area contributed by atoms with Crippen molar-refractivity contribution in [1.29, 1.82) is 0 Å². The first kappa shape index (κ1) is 36.6. The van der Waals surface area contributed by atoms with Crippen molar-refractivity contribution in [2.45, 2.75) is 77.4 Å². The first-order valence-electron chi connectivity index (χ1n) is 17.1. The number of anilines is 1. The number of hydrogen-bond acceptors (Lipinski definition) is 10. The first-order valence-corrected chi connectivity index (χ1v) is 17.1. The van der Waals surface area contributed by atoms with Crippen LogP contribution in [0.2, 0.25) is 0 Å². The minimum Gasteiger partial charge on any atom is -0.484 e. The third-order valence-electron chi connectivity index (χ3n) is 8.55. The van der Waals surface area contributed by atoms with Crippen LogP contribution in [0.4, 0.5) is 10.6 Å². The number of nitrogens with one attached hydrogen (secondary N) is 3. The number of hydrogen-bond donors (Lipinski definition) is 5. The number of aromatic nitrogens is 5. The normalized spacial score (nSPS) is 16.3. The Morgan fingerprint density at radius 3 is 2.32 bits per heavy atom. The summed E-state index contributed by atoms with van der Waals surface area (Å²) in [5.74, 6) is 1.21.